The molecule has 0 spiro atoms. The second-order valence-electron chi connectivity index (χ2n) is 7.94. The lowest BCUT2D eigenvalue weighted by Crippen LogP contribution is -2.52. The molecule has 1 nitrogen and oxygen atoms in total. The van der Waals surface area contributed by atoms with Gasteiger partial charge in [-0.15, -0.1) is 0 Å². The molecule has 2 fully saturated rings. The van der Waals surface area contributed by atoms with Crippen LogP contribution in [0.1, 0.15) is 59.3 Å². The molecule has 3 aliphatic rings. The Labute approximate surface area is 112 Å². The van der Waals surface area contributed by atoms with Crippen molar-refractivity contribution in [3.63, 3.8) is 0 Å². The van der Waals surface area contributed by atoms with Crippen molar-refractivity contribution in [3.05, 3.63) is 12.2 Å². The topological polar surface area (TPSA) is 20.2 Å². The van der Waals surface area contributed by atoms with Crippen LogP contribution in [0.25, 0.3) is 0 Å². The maximum atomic E-state index is 10.00. The van der Waals surface area contributed by atoms with Gasteiger partial charge < -0.3 is 5.11 Å². The van der Waals surface area contributed by atoms with Crippen LogP contribution in [0.15, 0.2) is 12.2 Å². The fourth-order valence-electron chi connectivity index (χ4n) is 5.66. The summed E-state index contributed by atoms with van der Waals surface area (Å²) in [5, 5.41) is 10.00. The van der Waals surface area contributed by atoms with Crippen LogP contribution in [0.5, 0.6) is 0 Å². The largest absolute Gasteiger partial charge is 0.389 e. The maximum absolute atomic E-state index is 10.00. The summed E-state index contributed by atoms with van der Waals surface area (Å²) in [6.07, 6.45) is 12.1. The Morgan fingerprint density at radius 2 is 1.83 bits per heavy atom. The normalized spacial score (nSPS) is 50.4. The Morgan fingerprint density at radius 1 is 1.06 bits per heavy atom. The average Bonchev–Trinajstić information content (AvgIpc) is 2.29. The van der Waals surface area contributed by atoms with E-state index in [1.54, 1.807) is 0 Å². The van der Waals surface area contributed by atoms with E-state index in [-0.39, 0.29) is 6.10 Å². The molecule has 0 radical (unpaired) electrons. The number of allylic oxidation sites excluding steroid dienone is 1. The molecule has 0 bridgehead atoms. The molecule has 0 heterocycles. The summed E-state index contributed by atoms with van der Waals surface area (Å²) < 4.78 is 0. The van der Waals surface area contributed by atoms with Crippen molar-refractivity contribution >= 4 is 0 Å². The molecule has 18 heavy (non-hydrogen) atoms. The van der Waals surface area contributed by atoms with Gasteiger partial charge in [0.2, 0.25) is 0 Å². The molecule has 0 saturated heterocycles. The Morgan fingerprint density at radius 3 is 2.61 bits per heavy atom. The van der Waals surface area contributed by atoms with Crippen LogP contribution < -0.4 is 0 Å². The highest BCUT2D eigenvalue weighted by atomic mass is 16.3. The average molecular weight is 248 g/mol. The first-order chi connectivity index (χ1) is 8.43. The van der Waals surface area contributed by atoms with E-state index >= 15 is 0 Å². The summed E-state index contributed by atoms with van der Waals surface area (Å²) in [7, 11) is 0. The standard InChI is InChI=1S/C17H28O/c1-16(2)9-4-10-17(3)14-11-13(18)7-5-12(14)6-8-15(16)17/h5,7,12-15,18H,4,6,8-11H2,1-3H3. The molecule has 0 aromatic rings. The molecule has 3 rings (SSSR count). The predicted molar refractivity (Wildman–Crippen MR) is 75.2 cm³/mol. The van der Waals surface area contributed by atoms with Crippen molar-refractivity contribution in [2.45, 2.75) is 65.4 Å². The molecule has 0 aliphatic heterocycles. The zero-order chi connectivity index (χ0) is 13.0. The first-order valence-corrected chi connectivity index (χ1v) is 7.80. The zero-order valence-electron chi connectivity index (χ0n) is 12.2. The quantitative estimate of drug-likeness (QED) is 0.638. The van der Waals surface area contributed by atoms with Crippen LogP contribution in [0.3, 0.4) is 0 Å². The van der Waals surface area contributed by atoms with Gasteiger partial charge in [0.1, 0.15) is 0 Å². The Kier molecular flexibility index (Phi) is 2.89. The van der Waals surface area contributed by atoms with Gasteiger partial charge in [0, 0.05) is 0 Å². The molecule has 5 unspecified atom stereocenters. The van der Waals surface area contributed by atoms with Crippen molar-refractivity contribution in [1.82, 2.24) is 0 Å². The zero-order valence-corrected chi connectivity index (χ0v) is 12.2. The lowest BCUT2D eigenvalue weighted by molar-refractivity contribution is -0.101. The Hall–Kier alpha value is -0.300. The minimum Gasteiger partial charge on any atom is -0.389 e. The van der Waals surface area contributed by atoms with E-state index in [1.165, 1.54) is 32.1 Å². The van der Waals surface area contributed by atoms with E-state index in [9.17, 15) is 5.11 Å². The van der Waals surface area contributed by atoms with E-state index in [0.29, 0.717) is 10.8 Å². The van der Waals surface area contributed by atoms with Gasteiger partial charge in [-0.1, -0.05) is 39.3 Å². The van der Waals surface area contributed by atoms with Gasteiger partial charge >= 0.3 is 0 Å². The van der Waals surface area contributed by atoms with Crippen molar-refractivity contribution in [1.29, 1.82) is 0 Å². The molecule has 102 valence electrons. The Balaban J connectivity index is 1.94. The molecule has 5 atom stereocenters. The minimum absolute atomic E-state index is 0.188. The lowest BCUT2D eigenvalue weighted by Gasteiger charge is -2.60. The summed E-state index contributed by atoms with van der Waals surface area (Å²) >= 11 is 0. The molecular formula is C17H28O. The summed E-state index contributed by atoms with van der Waals surface area (Å²) in [5.74, 6) is 2.32. The number of hydrogen-bond donors (Lipinski definition) is 1. The second kappa shape index (κ2) is 4.10. The van der Waals surface area contributed by atoms with Gasteiger partial charge in [0.05, 0.1) is 6.10 Å². The molecule has 0 aromatic heterocycles. The van der Waals surface area contributed by atoms with Gasteiger partial charge in [-0.3, -0.25) is 0 Å². The number of hydrogen-bond acceptors (Lipinski definition) is 1. The SMILES string of the molecule is CC1(C)CCCC2(C)C3CC(O)C=CC3CCC12. The van der Waals surface area contributed by atoms with E-state index in [4.69, 9.17) is 0 Å². The fourth-order valence-corrected chi connectivity index (χ4v) is 5.66. The van der Waals surface area contributed by atoms with Crippen molar-refractivity contribution < 1.29 is 5.11 Å². The molecular weight excluding hydrogens is 220 g/mol. The third kappa shape index (κ3) is 1.78. The maximum Gasteiger partial charge on any atom is 0.0724 e. The number of aliphatic hydroxyl groups is 1. The van der Waals surface area contributed by atoms with E-state index in [1.807, 2.05) is 6.08 Å². The highest BCUT2D eigenvalue weighted by Gasteiger charge is 2.54. The highest BCUT2D eigenvalue weighted by Crippen LogP contribution is 2.62. The molecule has 2 saturated carbocycles. The number of rotatable bonds is 0. The van der Waals surface area contributed by atoms with Crippen molar-refractivity contribution in [3.8, 4) is 0 Å². The summed E-state index contributed by atoms with van der Waals surface area (Å²) in [4.78, 5) is 0. The number of aliphatic hydroxyl groups excluding tert-OH is 1. The second-order valence-corrected chi connectivity index (χ2v) is 7.94. The molecule has 1 N–H and O–H groups in total. The first kappa shape index (κ1) is 12.7. The van der Waals surface area contributed by atoms with E-state index < -0.39 is 0 Å². The van der Waals surface area contributed by atoms with Crippen LogP contribution in [0.4, 0.5) is 0 Å². The monoisotopic (exact) mass is 248 g/mol. The lowest BCUT2D eigenvalue weighted by atomic mass is 9.45. The van der Waals surface area contributed by atoms with E-state index in [0.717, 1.165) is 24.2 Å². The van der Waals surface area contributed by atoms with Crippen molar-refractivity contribution in [2.24, 2.45) is 28.6 Å². The minimum atomic E-state index is -0.188. The van der Waals surface area contributed by atoms with Crippen LogP contribution in [-0.2, 0) is 0 Å². The summed E-state index contributed by atoms with van der Waals surface area (Å²) in [6, 6.07) is 0. The number of fused-ring (bicyclic) bond motifs is 3. The van der Waals surface area contributed by atoms with Gasteiger partial charge in [-0.2, -0.15) is 0 Å². The van der Waals surface area contributed by atoms with Crippen LogP contribution in [0, 0.1) is 28.6 Å². The summed E-state index contributed by atoms with van der Waals surface area (Å²) in [5.41, 5.74) is 0.973. The fraction of sp³-hybridized carbons (Fsp3) is 0.882. The third-order valence-corrected chi connectivity index (χ3v) is 6.50. The van der Waals surface area contributed by atoms with Crippen molar-refractivity contribution in [2.75, 3.05) is 0 Å². The molecule has 1 heteroatoms. The van der Waals surface area contributed by atoms with Crippen LogP contribution in [0.2, 0.25) is 0 Å². The summed E-state index contributed by atoms with van der Waals surface area (Å²) in [6.45, 7) is 7.48. The van der Waals surface area contributed by atoms with Gasteiger partial charge in [0.15, 0.2) is 0 Å². The van der Waals surface area contributed by atoms with E-state index in [2.05, 4.69) is 26.8 Å². The first-order valence-electron chi connectivity index (χ1n) is 7.80. The highest BCUT2D eigenvalue weighted by molar-refractivity contribution is 5.12. The molecule has 0 aromatic carbocycles. The Bertz CT molecular complexity index is 357. The van der Waals surface area contributed by atoms with Crippen LogP contribution in [-0.4, -0.2) is 11.2 Å². The van der Waals surface area contributed by atoms with Crippen LogP contribution >= 0.6 is 0 Å². The molecule has 3 aliphatic carbocycles. The third-order valence-electron chi connectivity index (χ3n) is 6.50. The van der Waals surface area contributed by atoms with Gasteiger partial charge in [-0.05, 0) is 60.7 Å². The molecule has 0 amide bonds. The van der Waals surface area contributed by atoms with Gasteiger partial charge in [0.25, 0.3) is 0 Å². The smallest absolute Gasteiger partial charge is 0.0724 e. The predicted octanol–water partition coefficient (Wildman–Crippen LogP) is 4.17. The van der Waals surface area contributed by atoms with Gasteiger partial charge in [-0.25, -0.2) is 0 Å².